The number of amides is 2. The maximum absolute atomic E-state index is 13.4. The highest BCUT2D eigenvalue weighted by molar-refractivity contribution is 7.87. The Morgan fingerprint density at radius 3 is 2.02 bits per heavy atom. The number of carbonyl (C=O) groups is 2. The lowest BCUT2D eigenvalue weighted by atomic mass is 9.82. The third-order valence-electron chi connectivity index (χ3n) is 7.31. The Kier molecular flexibility index (Phi) is 12.1. The second-order valence-electron chi connectivity index (χ2n) is 10.8. The number of nitrogens with zero attached hydrogens (tertiary/aromatic N) is 1. The van der Waals surface area contributed by atoms with E-state index in [0.29, 0.717) is 44.4 Å². The van der Waals surface area contributed by atoms with Gasteiger partial charge in [-0.05, 0) is 67.7 Å². The molecule has 44 heavy (non-hydrogen) atoms. The van der Waals surface area contributed by atoms with E-state index in [1.807, 2.05) is 6.92 Å². The van der Waals surface area contributed by atoms with E-state index in [1.165, 1.54) is 0 Å². The molecule has 244 valence electrons. The average molecular weight is 652 g/mol. The summed E-state index contributed by atoms with van der Waals surface area (Å²) >= 11 is 0. The summed E-state index contributed by atoms with van der Waals surface area (Å²) in [7, 11) is -4.71. The van der Waals surface area contributed by atoms with Crippen molar-refractivity contribution >= 4 is 22.2 Å². The molecule has 1 aliphatic rings. The van der Waals surface area contributed by atoms with E-state index in [4.69, 9.17) is 4.74 Å². The van der Waals surface area contributed by atoms with E-state index in [-0.39, 0.29) is 43.1 Å². The molecule has 0 bridgehead atoms. The van der Waals surface area contributed by atoms with Gasteiger partial charge in [-0.1, -0.05) is 43.7 Å². The molecule has 8 nitrogen and oxygen atoms in total. The normalized spacial score (nSPS) is 17.7. The van der Waals surface area contributed by atoms with Crippen LogP contribution in [0.25, 0.3) is 0 Å². The fourth-order valence-electron chi connectivity index (χ4n) is 4.86. The van der Waals surface area contributed by atoms with Gasteiger partial charge in [0.25, 0.3) is 5.91 Å². The van der Waals surface area contributed by atoms with Crippen LogP contribution in [0.5, 0.6) is 0 Å². The minimum atomic E-state index is -5.21. The molecule has 0 spiro atoms. The molecule has 2 aromatic rings. The van der Waals surface area contributed by atoms with E-state index < -0.39 is 51.3 Å². The fraction of sp³-hybridized carbons (Fsp3) is 0.517. The summed E-state index contributed by atoms with van der Waals surface area (Å²) in [5, 5.41) is 2.73. The number of benzene rings is 2. The van der Waals surface area contributed by atoms with Gasteiger partial charge in [0.05, 0.1) is 17.7 Å². The number of halogens is 6. The first-order chi connectivity index (χ1) is 20.6. The quantitative estimate of drug-likeness (QED) is 0.201. The summed E-state index contributed by atoms with van der Waals surface area (Å²) in [5.41, 5.74) is -4.02. The molecular formula is C29H35F6N3O5S. The zero-order valence-electron chi connectivity index (χ0n) is 24.0. The Hall–Kier alpha value is -3.33. The number of hydrogen-bond acceptors (Lipinski definition) is 5. The van der Waals surface area contributed by atoms with Crippen LogP contribution in [0, 0.1) is 11.8 Å². The van der Waals surface area contributed by atoms with Gasteiger partial charge in [-0.15, -0.1) is 0 Å². The maximum atomic E-state index is 13.4. The van der Waals surface area contributed by atoms with Crippen molar-refractivity contribution in [1.82, 2.24) is 14.3 Å². The molecule has 0 unspecified atom stereocenters. The lowest BCUT2D eigenvalue weighted by Gasteiger charge is -2.32. The highest BCUT2D eigenvalue weighted by atomic mass is 32.2. The van der Waals surface area contributed by atoms with Crippen molar-refractivity contribution in [3.05, 3.63) is 70.8 Å². The van der Waals surface area contributed by atoms with Crippen LogP contribution < -0.4 is 10.0 Å². The first-order valence-corrected chi connectivity index (χ1v) is 15.6. The molecule has 0 aromatic heterocycles. The van der Waals surface area contributed by atoms with E-state index in [2.05, 4.69) is 5.32 Å². The molecule has 1 fully saturated rings. The first kappa shape index (κ1) is 35.2. The third-order valence-corrected chi connectivity index (χ3v) is 8.71. The van der Waals surface area contributed by atoms with Crippen LogP contribution in [0.4, 0.5) is 31.1 Å². The topological polar surface area (TPSA) is 105 Å². The molecule has 0 heterocycles. The van der Waals surface area contributed by atoms with Crippen LogP contribution >= 0.6 is 0 Å². The van der Waals surface area contributed by atoms with E-state index in [0.717, 1.165) is 17.1 Å². The number of alkyl halides is 6. The molecule has 0 atom stereocenters. The number of nitrogens with one attached hydrogen (secondary N) is 2. The zero-order valence-corrected chi connectivity index (χ0v) is 24.8. The van der Waals surface area contributed by atoms with Crippen LogP contribution in [0.15, 0.2) is 48.5 Å². The minimum absolute atomic E-state index is 0.0485. The Labute approximate surface area is 252 Å². The highest BCUT2D eigenvalue weighted by Crippen LogP contribution is 2.36. The average Bonchev–Trinajstić information content (AvgIpc) is 2.96. The number of unbranched alkanes of at least 4 members (excludes halogenated alkanes) is 1. The molecule has 1 saturated carbocycles. The van der Waals surface area contributed by atoms with Gasteiger partial charge in [-0.2, -0.15) is 39.1 Å². The molecule has 2 aromatic carbocycles. The summed E-state index contributed by atoms with van der Waals surface area (Å²) in [6.07, 6.45) is -6.73. The number of hydrogen-bond donors (Lipinski definition) is 2. The fourth-order valence-corrected chi connectivity index (χ4v) is 6.06. The molecule has 1 aliphatic carbocycles. The second kappa shape index (κ2) is 15.1. The van der Waals surface area contributed by atoms with Gasteiger partial charge in [0.1, 0.15) is 0 Å². The summed E-state index contributed by atoms with van der Waals surface area (Å²) in [4.78, 5) is 24.7. The van der Waals surface area contributed by atoms with E-state index in [9.17, 15) is 44.3 Å². The minimum Gasteiger partial charge on any atom is -0.450 e. The molecule has 3 rings (SSSR count). The van der Waals surface area contributed by atoms with Gasteiger partial charge in [-0.25, -0.2) is 9.52 Å². The Morgan fingerprint density at radius 2 is 1.48 bits per heavy atom. The van der Waals surface area contributed by atoms with Crippen LogP contribution in [-0.2, 0) is 33.8 Å². The predicted molar refractivity (Wildman–Crippen MR) is 149 cm³/mol. The second-order valence-corrected chi connectivity index (χ2v) is 12.4. The van der Waals surface area contributed by atoms with E-state index >= 15 is 0 Å². The van der Waals surface area contributed by atoms with Crippen molar-refractivity contribution < 1.29 is 49.1 Å². The standard InChI is InChI=1S/C29H35F6N3O5S/c1-2-3-13-43-27(40)36-17-20-9-11-22(12-10-20)19-38(18-21-7-5-4-6-8-21)44(41,42)37-26(39)23-14-24(28(30,31)32)16-25(15-23)29(33,34)35/h4-8,14-16,20,22H,2-3,9-13,17-19H2,1H3,(H,36,40)(H,37,39). The molecule has 0 radical (unpaired) electrons. The molecule has 0 aliphatic heterocycles. The molecule has 0 saturated heterocycles. The number of carbonyl (C=O) groups excluding carboxylic acids is 2. The van der Waals surface area contributed by atoms with Gasteiger partial charge < -0.3 is 10.1 Å². The van der Waals surface area contributed by atoms with Gasteiger partial charge in [0.2, 0.25) is 0 Å². The summed E-state index contributed by atoms with van der Waals surface area (Å²) in [5.74, 6) is -1.63. The van der Waals surface area contributed by atoms with Crippen LogP contribution in [0.1, 0.15) is 72.5 Å². The summed E-state index contributed by atoms with van der Waals surface area (Å²) < 4.78 is 114. The van der Waals surface area contributed by atoms with Gasteiger partial charge in [-0.3, -0.25) is 4.79 Å². The lowest BCUT2D eigenvalue weighted by Crippen LogP contribution is -2.45. The summed E-state index contributed by atoms with van der Waals surface area (Å²) in [6, 6.07) is 8.56. The highest BCUT2D eigenvalue weighted by Gasteiger charge is 2.38. The van der Waals surface area contributed by atoms with Crippen LogP contribution in [0.2, 0.25) is 0 Å². The maximum Gasteiger partial charge on any atom is 0.416 e. The monoisotopic (exact) mass is 651 g/mol. The number of ether oxygens (including phenoxy) is 1. The van der Waals surface area contributed by atoms with Gasteiger partial charge in [0, 0.05) is 25.2 Å². The van der Waals surface area contributed by atoms with Crippen molar-refractivity contribution in [2.45, 2.75) is 64.3 Å². The third kappa shape index (κ3) is 10.7. The van der Waals surface area contributed by atoms with Gasteiger partial charge in [0.15, 0.2) is 0 Å². The zero-order chi connectivity index (χ0) is 32.5. The molecule has 15 heteroatoms. The van der Waals surface area contributed by atoms with Crippen molar-refractivity contribution in [2.75, 3.05) is 19.7 Å². The van der Waals surface area contributed by atoms with Gasteiger partial charge >= 0.3 is 28.7 Å². The van der Waals surface area contributed by atoms with Crippen molar-refractivity contribution in [1.29, 1.82) is 0 Å². The predicted octanol–water partition coefficient (Wildman–Crippen LogP) is 6.53. The van der Waals surface area contributed by atoms with Crippen molar-refractivity contribution in [2.24, 2.45) is 11.8 Å². The van der Waals surface area contributed by atoms with Crippen molar-refractivity contribution in [3.8, 4) is 0 Å². The molecule has 2 amide bonds. The SMILES string of the molecule is CCCCOC(=O)NCC1CCC(CN(Cc2ccccc2)S(=O)(=O)NC(=O)c2cc(C(F)(F)F)cc(C(F)(F)F)c2)CC1. The van der Waals surface area contributed by atoms with Crippen LogP contribution in [-0.4, -0.2) is 44.4 Å². The largest absolute Gasteiger partial charge is 0.450 e. The number of rotatable bonds is 12. The van der Waals surface area contributed by atoms with Crippen LogP contribution in [0.3, 0.4) is 0 Å². The smallest absolute Gasteiger partial charge is 0.416 e. The van der Waals surface area contributed by atoms with E-state index in [1.54, 1.807) is 35.1 Å². The first-order valence-electron chi connectivity index (χ1n) is 14.1. The Bertz CT molecular complexity index is 1330. The Morgan fingerprint density at radius 1 is 0.909 bits per heavy atom. The summed E-state index contributed by atoms with van der Waals surface area (Å²) in [6.45, 7) is 2.46. The molecular weight excluding hydrogens is 616 g/mol. The van der Waals surface area contributed by atoms with Crippen molar-refractivity contribution in [3.63, 3.8) is 0 Å². The lowest BCUT2D eigenvalue weighted by molar-refractivity contribution is -0.143. The number of alkyl carbamates (subject to hydrolysis) is 1. The molecule has 2 N–H and O–H groups in total. The Balaban J connectivity index is 1.73.